The largest absolute Gasteiger partial charge is 0.389 e. The molecular weight excluding hydrogens is 372 g/mol. The van der Waals surface area contributed by atoms with Gasteiger partial charge in [-0.15, -0.1) is 11.3 Å². The van der Waals surface area contributed by atoms with Crippen molar-refractivity contribution in [1.29, 1.82) is 0 Å². The first-order valence-corrected chi connectivity index (χ1v) is 9.94. The van der Waals surface area contributed by atoms with Gasteiger partial charge in [0, 0.05) is 5.39 Å². The summed E-state index contributed by atoms with van der Waals surface area (Å²) in [4.78, 5) is 13.8. The van der Waals surface area contributed by atoms with E-state index in [0.29, 0.717) is 12.0 Å². The van der Waals surface area contributed by atoms with Crippen molar-refractivity contribution in [2.75, 3.05) is 6.61 Å². The molecule has 0 saturated heterocycles. The molecule has 4 aromatic rings. The molecular formula is C22H20N2O3S. The molecule has 0 unspecified atom stereocenters. The van der Waals surface area contributed by atoms with E-state index in [1.54, 1.807) is 17.4 Å². The summed E-state index contributed by atoms with van der Waals surface area (Å²) in [6, 6.07) is 21.1. The van der Waals surface area contributed by atoms with E-state index in [9.17, 15) is 9.90 Å². The van der Waals surface area contributed by atoms with E-state index in [2.05, 4.69) is 5.10 Å². The molecule has 28 heavy (non-hydrogen) atoms. The van der Waals surface area contributed by atoms with Crippen LogP contribution in [-0.2, 0) is 17.9 Å². The van der Waals surface area contributed by atoms with E-state index in [1.165, 1.54) is 4.68 Å². The van der Waals surface area contributed by atoms with Crippen molar-refractivity contribution in [1.82, 2.24) is 9.78 Å². The summed E-state index contributed by atoms with van der Waals surface area (Å²) >= 11 is 1.57. The van der Waals surface area contributed by atoms with Crippen molar-refractivity contribution in [2.24, 2.45) is 0 Å². The maximum Gasteiger partial charge on any atom is 0.274 e. The first kappa shape index (κ1) is 18.6. The highest BCUT2D eigenvalue weighted by Gasteiger charge is 2.15. The molecule has 0 aliphatic heterocycles. The van der Waals surface area contributed by atoms with E-state index < -0.39 is 6.10 Å². The number of nitrogens with zero attached hydrogens (tertiary/aromatic N) is 2. The van der Waals surface area contributed by atoms with Gasteiger partial charge in [-0.1, -0.05) is 54.6 Å². The van der Waals surface area contributed by atoms with Crippen LogP contribution < -0.4 is 5.56 Å². The van der Waals surface area contributed by atoms with Crippen LogP contribution in [0, 0.1) is 0 Å². The van der Waals surface area contributed by atoms with Gasteiger partial charge in [-0.05, 0) is 23.1 Å². The lowest BCUT2D eigenvalue weighted by Crippen LogP contribution is -2.31. The summed E-state index contributed by atoms with van der Waals surface area (Å²) < 4.78 is 6.93. The Bertz CT molecular complexity index is 1110. The molecule has 2 aromatic carbocycles. The molecule has 2 heterocycles. The molecule has 0 aliphatic rings. The van der Waals surface area contributed by atoms with Crippen molar-refractivity contribution in [3.8, 4) is 10.6 Å². The molecule has 0 spiro atoms. The number of hydrogen-bond donors (Lipinski definition) is 1. The number of ether oxygens (including phenoxy) is 1. The first-order chi connectivity index (χ1) is 13.7. The van der Waals surface area contributed by atoms with Gasteiger partial charge in [-0.25, -0.2) is 4.68 Å². The Morgan fingerprint density at radius 2 is 1.75 bits per heavy atom. The number of thiophene rings is 1. The molecule has 142 valence electrons. The molecule has 1 N–H and O–H groups in total. The number of fused-ring (bicyclic) bond motifs is 1. The van der Waals surface area contributed by atoms with Crippen LogP contribution in [0.15, 0.2) is 76.9 Å². The van der Waals surface area contributed by atoms with Gasteiger partial charge in [0.05, 0.1) is 36.1 Å². The summed E-state index contributed by atoms with van der Waals surface area (Å²) in [5.74, 6) is 0. The monoisotopic (exact) mass is 392 g/mol. The van der Waals surface area contributed by atoms with Crippen LogP contribution in [0.2, 0.25) is 0 Å². The summed E-state index contributed by atoms with van der Waals surface area (Å²) in [6.07, 6.45) is -0.828. The zero-order chi connectivity index (χ0) is 19.3. The van der Waals surface area contributed by atoms with Crippen LogP contribution in [0.1, 0.15) is 5.56 Å². The average Bonchev–Trinajstić information content (AvgIpc) is 3.26. The Morgan fingerprint density at radius 3 is 2.50 bits per heavy atom. The number of hydrogen-bond acceptors (Lipinski definition) is 5. The summed E-state index contributed by atoms with van der Waals surface area (Å²) in [6.45, 7) is 0.624. The summed E-state index contributed by atoms with van der Waals surface area (Å²) in [7, 11) is 0. The number of rotatable bonds is 7. The zero-order valence-corrected chi connectivity index (χ0v) is 16.0. The minimum Gasteiger partial charge on any atom is -0.389 e. The number of aliphatic hydroxyl groups excluding tert-OH is 1. The van der Waals surface area contributed by atoms with Crippen LogP contribution in [0.4, 0.5) is 0 Å². The fraction of sp³-hybridized carbons (Fsp3) is 0.182. The minimum atomic E-state index is -0.828. The smallest absolute Gasteiger partial charge is 0.274 e. The average molecular weight is 392 g/mol. The highest BCUT2D eigenvalue weighted by atomic mass is 32.1. The van der Waals surface area contributed by atoms with Crippen molar-refractivity contribution >= 4 is 22.1 Å². The molecule has 0 bridgehead atoms. The molecule has 0 amide bonds. The third kappa shape index (κ3) is 4.04. The van der Waals surface area contributed by atoms with Gasteiger partial charge in [0.25, 0.3) is 5.56 Å². The second-order valence-corrected chi connectivity index (χ2v) is 7.46. The van der Waals surface area contributed by atoms with Crippen LogP contribution in [0.25, 0.3) is 21.3 Å². The molecule has 0 saturated carbocycles. The van der Waals surface area contributed by atoms with Gasteiger partial charge in [0.2, 0.25) is 0 Å². The minimum absolute atomic E-state index is 0.0802. The number of aromatic nitrogens is 2. The maximum absolute atomic E-state index is 12.8. The highest BCUT2D eigenvalue weighted by Crippen LogP contribution is 2.28. The first-order valence-electron chi connectivity index (χ1n) is 9.06. The van der Waals surface area contributed by atoms with Gasteiger partial charge in [-0.3, -0.25) is 4.79 Å². The topological polar surface area (TPSA) is 64.4 Å². The second-order valence-electron chi connectivity index (χ2n) is 6.51. The Kier molecular flexibility index (Phi) is 5.62. The fourth-order valence-corrected chi connectivity index (χ4v) is 3.82. The highest BCUT2D eigenvalue weighted by molar-refractivity contribution is 7.13. The molecule has 0 fully saturated rings. The van der Waals surface area contributed by atoms with Gasteiger partial charge < -0.3 is 9.84 Å². The van der Waals surface area contributed by atoms with Crippen LogP contribution in [-0.4, -0.2) is 27.6 Å². The summed E-state index contributed by atoms with van der Waals surface area (Å²) in [5, 5.41) is 18.3. The van der Waals surface area contributed by atoms with Crippen molar-refractivity contribution < 1.29 is 9.84 Å². The Labute approximate surface area is 166 Å². The molecule has 4 rings (SSSR count). The molecule has 5 nitrogen and oxygen atoms in total. The van der Waals surface area contributed by atoms with E-state index in [-0.39, 0.29) is 18.7 Å². The van der Waals surface area contributed by atoms with Crippen molar-refractivity contribution in [2.45, 2.75) is 19.3 Å². The lowest BCUT2D eigenvalue weighted by molar-refractivity contribution is 0.0181. The molecule has 0 aliphatic carbocycles. The van der Waals surface area contributed by atoms with E-state index in [4.69, 9.17) is 4.74 Å². The van der Waals surface area contributed by atoms with E-state index >= 15 is 0 Å². The Hall–Kier alpha value is -2.80. The second kappa shape index (κ2) is 8.48. The quantitative estimate of drug-likeness (QED) is 0.521. The normalized spacial score (nSPS) is 12.3. The number of aliphatic hydroxyl groups is 1. The van der Waals surface area contributed by atoms with Crippen molar-refractivity contribution in [3.05, 3.63) is 88.0 Å². The lowest BCUT2D eigenvalue weighted by atomic mass is 10.1. The predicted octanol–water partition coefficient (Wildman–Crippen LogP) is 3.70. The zero-order valence-electron chi connectivity index (χ0n) is 15.2. The van der Waals surface area contributed by atoms with Gasteiger partial charge in [0.1, 0.15) is 5.69 Å². The van der Waals surface area contributed by atoms with Crippen LogP contribution in [0.3, 0.4) is 0 Å². The summed E-state index contributed by atoms with van der Waals surface area (Å²) in [5.41, 5.74) is 1.58. The van der Waals surface area contributed by atoms with Crippen LogP contribution >= 0.6 is 11.3 Å². The fourth-order valence-electron chi connectivity index (χ4n) is 3.09. The van der Waals surface area contributed by atoms with Gasteiger partial charge in [-0.2, -0.15) is 5.10 Å². The molecule has 2 aromatic heterocycles. The van der Waals surface area contributed by atoms with Crippen molar-refractivity contribution in [3.63, 3.8) is 0 Å². The van der Waals surface area contributed by atoms with Gasteiger partial charge >= 0.3 is 0 Å². The third-order valence-electron chi connectivity index (χ3n) is 4.43. The Balaban J connectivity index is 1.55. The van der Waals surface area contributed by atoms with E-state index in [1.807, 2.05) is 66.0 Å². The van der Waals surface area contributed by atoms with Gasteiger partial charge in [0.15, 0.2) is 0 Å². The van der Waals surface area contributed by atoms with Crippen LogP contribution in [0.5, 0.6) is 0 Å². The third-order valence-corrected chi connectivity index (χ3v) is 5.30. The maximum atomic E-state index is 12.8. The lowest BCUT2D eigenvalue weighted by Gasteiger charge is -2.14. The predicted molar refractivity (Wildman–Crippen MR) is 111 cm³/mol. The molecule has 1 atom stereocenters. The van der Waals surface area contributed by atoms with E-state index in [0.717, 1.165) is 21.5 Å². The standard InChI is InChI=1S/C22H20N2O3S/c25-17(15-27-14-16-7-2-1-3-8-16)13-24-22(26)19-10-5-4-9-18(19)21(23-24)20-11-6-12-28-20/h1-12,17,25H,13-15H2/t17-/m1/s1. The SMILES string of the molecule is O=c1c2ccccc2c(-c2cccs2)nn1C[C@@H](O)COCc1ccccc1. The molecule has 6 heteroatoms. The Morgan fingerprint density at radius 1 is 1.00 bits per heavy atom. The molecule has 0 radical (unpaired) electrons. The number of benzene rings is 2.